The topological polar surface area (TPSA) is 21.7 Å². The second kappa shape index (κ2) is 2.73. The lowest BCUT2D eigenvalue weighted by atomic mass is 10.0. The zero-order valence-corrected chi connectivity index (χ0v) is 7.12. The van der Waals surface area contributed by atoms with E-state index in [1.807, 2.05) is 0 Å². The van der Waals surface area contributed by atoms with Crippen LogP contribution in [-0.4, -0.2) is 37.1 Å². The minimum absolute atomic E-state index is 0.253. The van der Waals surface area contributed by atoms with Crippen LogP contribution >= 0.6 is 0 Å². The van der Waals surface area contributed by atoms with Crippen LogP contribution in [-0.2, 0) is 9.47 Å². The third-order valence-corrected chi connectivity index (χ3v) is 2.68. The van der Waals surface area contributed by atoms with E-state index >= 15 is 0 Å². The lowest BCUT2D eigenvalue weighted by Gasteiger charge is -2.34. The Morgan fingerprint density at radius 2 is 2.09 bits per heavy atom. The molecule has 2 fully saturated rings. The third kappa shape index (κ3) is 1.17. The van der Waals surface area contributed by atoms with Crippen LogP contribution in [0.3, 0.4) is 0 Å². The molecule has 2 aliphatic rings. The van der Waals surface area contributed by atoms with Gasteiger partial charge in [-0.15, -0.1) is 0 Å². The lowest BCUT2D eigenvalue weighted by Crippen LogP contribution is -2.46. The van der Waals surface area contributed by atoms with E-state index in [1.165, 1.54) is 0 Å². The minimum Gasteiger partial charge on any atom is -0.366 e. The molecule has 0 aromatic heterocycles. The molecule has 0 aromatic carbocycles. The molecule has 0 spiro atoms. The lowest BCUT2D eigenvalue weighted by molar-refractivity contribution is -0.0881. The average Bonchev–Trinajstić information content (AvgIpc) is 2.35. The normalized spacial score (nSPS) is 45.8. The van der Waals surface area contributed by atoms with Crippen LogP contribution in [0.5, 0.6) is 0 Å². The maximum Gasteiger partial charge on any atom is 0.109 e. The van der Waals surface area contributed by atoms with E-state index in [0.29, 0.717) is 12.0 Å². The van der Waals surface area contributed by atoms with Gasteiger partial charge in [0.05, 0.1) is 13.2 Å². The van der Waals surface area contributed by atoms with Crippen LogP contribution in [0.15, 0.2) is 0 Å². The Kier molecular flexibility index (Phi) is 1.87. The number of fused-ring (bicyclic) bond motifs is 1. The van der Waals surface area contributed by atoms with Crippen molar-refractivity contribution in [1.29, 1.82) is 0 Å². The van der Waals surface area contributed by atoms with Crippen molar-refractivity contribution in [3.8, 4) is 0 Å². The Hall–Kier alpha value is -0.120. The Labute approximate surface area is 67.3 Å². The van der Waals surface area contributed by atoms with Gasteiger partial charge in [0.15, 0.2) is 0 Å². The highest BCUT2D eigenvalue weighted by Gasteiger charge is 2.37. The first-order valence-corrected chi connectivity index (χ1v) is 4.24. The van der Waals surface area contributed by atoms with Crippen molar-refractivity contribution in [2.45, 2.75) is 26.1 Å². The van der Waals surface area contributed by atoms with Crippen molar-refractivity contribution in [3.05, 3.63) is 0 Å². The Morgan fingerprint density at radius 3 is 2.82 bits per heavy atom. The minimum atomic E-state index is 0.253. The molecule has 3 unspecified atom stereocenters. The van der Waals surface area contributed by atoms with Crippen molar-refractivity contribution >= 4 is 0 Å². The summed E-state index contributed by atoms with van der Waals surface area (Å²) in [4.78, 5) is 2.29. The van der Waals surface area contributed by atoms with E-state index in [-0.39, 0.29) is 6.23 Å². The fourth-order valence-electron chi connectivity index (χ4n) is 1.85. The monoisotopic (exact) mass is 157 g/mol. The van der Waals surface area contributed by atoms with Gasteiger partial charge < -0.3 is 9.47 Å². The molecule has 3 heteroatoms. The molecule has 0 bridgehead atoms. The van der Waals surface area contributed by atoms with Gasteiger partial charge in [0.25, 0.3) is 0 Å². The predicted molar refractivity (Wildman–Crippen MR) is 41.0 cm³/mol. The van der Waals surface area contributed by atoms with Gasteiger partial charge in [0, 0.05) is 6.04 Å². The molecule has 0 aliphatic carbocycles. The summed E-state index contributed by atoms with van der Waals surface area (Å²) < 4.78 is 10.9. The number of hydrogen-bond acceptors (Lipinski definition) is 3. The molecule has 11 heavy (non-hydrogen) atoms. The summed E-state index contributed by atoms with van der Waals surface area (Å²) in [7, 11) is 0. The van der Waals surface area contributed by atoms with Gasteiger partial charge in [-0.2, -0.15) is 0 Å². The Morgan fingerprint density at radius 1 is 1.27 bits per heavy atom. The van der Waals surface area contributed by atoms with Gasteiger partial charge in [-0.25, -0.2) is 4.90 Å². The molecule has 64 valence electrons. The quantitative estimate of drug-likeness (QED) is 0.515. The number of nitrogens with zero attached hydrogens (tertiary/aromatic N) is 1. The van der Waals surface area contributed by atoms with Gasteiger partial charge in [0.2, 0.25) is 0 Å². The molecule has 2 saturated heterocycles. The van der Waals surface area contributed by atoms with E-state index in [0.717, 1.165) is 19.9 Å². The maximum atomic E-state index is 5.52. The van der Waals surface area contributed by atoms with Crippen LogP contribution in [0.2, 0.25) is 0 Å². The molecule has 3 nitrogen and oxygen atoms in total. The van der Waals surface area contributed by atoms with E-state index in [9.17, 15) is 0 Å². The zero-order chi connectivity index (χ0) is 7.84. The van der Waals surface area contributed by atoms with Crippen molar-refractivity contribution < 1.29 is 9.47 Å². The molecule has 0 aromatic rings. The summed E-state index contributed by atoms with van der Waals surface area (Å²) in [6.45, 7) is 6.82. The summed E-state index contributed by atoms with van der Waals surface area (Å²) in [6.07, 6.45) is 0.253. The molecule has 0 radical (unpaired) electrons. The van der Waals surface area contributed by atoms with Crippen molar-refractivity contribution in [2.24, 2.45) is 5.92 Å². The first-order valence-electron chi connectivity index (χ1n) is 4.24. The highest BCUT2D eigenvalue weighted by atomic mass is 16.5. The Balaban J connectivity index is 2.07. The predicted octanol–water partition coefficient (Wildman–Crippen LogP) is 0.657. The first kappa shape index (κ1) is 7.53. The van der Waals surface area contributed by atoms with Gasteiger partial charge in [-0.1, -0.05) is 6.92 Å². The highest BCUT2D eigenvalue weighted by molar-refractivity contribution is 4.83. The fraction of sp³-hybridized carbons (Fsp3) is 1.00. The standard InChI is InChI=1S/C8H15NO2/c1-6-3-10-5-9-7(2)11-4-8(6)9/h6-8H,3-5H2,1-2H3. The molecule has 0 amide bonds. The Bertz CT molecular complexity index is 149. The van der Waals surface area contributed by atoms with E-state index in [4.69, 9.17) is 9.47 Å². The van der Waals surface area contributed by atoms with Crippen LogP contribution in [0.1, 0.15) is 13.8 Å². The molecular weight excluding hydrogens is 142 g/mol. The van der Waals surface area contributed by atoms with Crippen molar-refractivity contribution in [2.75, 3.05) is 19.9 Å². The summed E-state index contributed by atoms with van der Waals surface area (Å²) in [5.74, 6) is 0.619. The second-order valence-corrected chi connectivity index (χ2v) is 3.49. The van der Waals surface area contributed by atoms with Crippen LogP contribution in [0.4, 0.5) is 0 Å². The van der Waals surface area contributed by atoms with E-state index in [1.54, 1.807) is 0 Å². The number of ether oxygens (including phenoxy) is 2. The summed E-state index contributed by atoms with van der Waals surface area (Å²) in [5.41, 5.74) is 0. The molecule has 0 saturated carbocycles. The molecule has 3 atom stereocenters. The second-order valence-electron chi connectivity index (χ2n) is 3.49. The summed E-state index contributed by atoms with van der Waals surface area (Å²) in [6, 6.07) is 0.596. The fourth-order valence-corrected chi connectivity index (χ4v) is 1.85. The van der Waals surface area contributed by atoms with Crippen LogP contribution in [0.25, 0.3) is 0 Å². The van der Waals surface area contributed by atoms with Gasteiger partial charge in [-0.3, -0.25) is 0 Å². The van der Waals surface area contributed by atoms with Crippen molar-refractivity contribution in [1.82, 2.24) is 4.90 Å². The van der Waals surface area contributed by atoms with Crippen molar-refractivity contribution in [3.63, 3.8) is 0 Å². The average molecular weight is 157 g/mol. The SMILES string of the molecule is CC1COCN2C(C)OCC12. The smallest absolute Gasteiger partial charge is 0.109 e. The van der Waals surface area contributed by atoms with Crippen LogP contribution in [0, 0.1) is 5.92 Å². The molecular formula is C8H15NO2. The summed E-state index contributed by atoms with van der Waals surface area (Å²) >= 11 is 0. The molecule has 2 aliphatic heterocycles. The van der Waals surface area contributed by atoms with E-state index in [2.05, 4.69) is 18.7 Å². The van der Waals surface area contributed by atoms with Gasteiger partial charge in [-0.05, 0) is 12.8 Å². The van der Waals surface area contributed by atoms with Gasteiger partial charge in [0.1, 0.15) is 13.0 Å². The van der Waals surface area contributed by atoms with E-state index < -0.39 is 0 Å². The molecule has 0 N–H and O–H groups in total. The molecule has 2 rings (SSSR count). The van der Waals surface area contributed by atoms with Gasteiger partial charge >= 0.3 is 0 Å². The third-order valence-electron chi connectivity index (χ3n) is 2.68. The largest absolute Gasteiger partial charge is 0.366 e. The molecule has 2 heterocycles. The highest BCUT2D eigenvalue weighted by Crippen LogP contribution is 2.25. The summed E-state index contributed by atoms with van der Waals surface area (Å²) in [5, 5.41) is 0. The van der Waals surface area contributed by atoms with Crippen LogP contribution < -0.4 is 0 Å². The number of rotatable bonds is 0. The number of hydrogen-bond donors (Lipinski definition) is 0. The first-order chi connectivity index (χ1) is 5.29. The maximum absolute atomic E-state index is 5.52. The zero-order valence-electron chi connectivity index (χ0n) is 7.12.